The Balaban J connectivity index is 1.84. The summed E-state index contributed by atoms with van der Waals surface area (Å²) in [6, 6.07) is 0.708. The SMILES string of the molecule is CNC(=O)c1csc2c(C(F)(F)F)cc(O[C@@H]3CCN(C(=O)OC(C)(C)C)C[C@H]3F)nc12. The van der Waals surface area contributed by atoms with Gasteiger partial charge in [-0.3, -0.25) is 4.79 Å². The molecule has 2 aromatic heterocycles. The molecule has 2 atom stereocenters. The number of hydrogen-bond acceptors (Lipinski definition) is 6. The Morgan fingerprint density at radius 2 is 1.97 bits per heavy atom. The Morgan fingerprint density at radius 1 is 1.28 bits per heavy atom. The number of alkyl halides is 4. The molecule has 0 unspecified atom stereocenters. The summed E-state index contributed by atoms with van der Waals surface area (Å²) in [5.74, 6) is -1.03. The summed E-state index contributed by atoms with van der Waals surface area (Å²) in [7, 11) is 1.35. The molecular formula is C20H23F4N3O4S. The molecule has 0 saturated carbocycles. The molecule has 32 heavy (non-hydrogen) atoms. The van der Waals surface area contributed by atoms with E-state index in [9.17, 15) is 27.2 Å². The van der Waals surface area contributed by atoms with E-state index in [0.717, 1.165) is 11.3 Å². The second-order valence-electron chi connectivity index (χ2n) is 8.30. The maximum atomic E-state index is 14.7. The number of amides is 2. The summed E-state index contributed by atoms with van der Waals surface area (Å²) in [5, 5.41) is 3.64. The Hall–Kier alpha value is -2.63. The number of likely N-dealkylation sites (tertiary alicyclic amines) is 1. The average molecular weight is 477 g/mol. The lowest BCUT2D eigenvalue weighted by Gasteiger charge is -2.35. The van der Waals surface area contributed by atoms with Gasteiger partial charge in [0.25, 0.3) is 5.91 Å². The summed E-state index contributed by atoms with van der Waals surface area (Å²) in [4.78, 5) is 29.4. The van der Waals surface area contributed by atoms with Crippen molar-refractivity contribution in [3.8, 4) is 5.88 Å². The number of carbonyl (C=O) groups excluding carboxylic acids is 2. The Morgan fingerprint density at radius 3 is 2.53 bits per heavy atom. The number of piperidine rings is 1. The number of halogens is 4. The second kappa shape index (κ2) is 8.72. The topological polar surface area (TPSA) is 80.8 Å². The lowest BCUT2D eigenvalue weighted by molar-refractivity contribution is -0.136. The molecule has 2 amide bonds. The monoisotopic (exact) mass is 477 g/mol. The molecule has 1 saturated heterocycles. The van der Waals surface area contributed by atoms with Gasteiger partial charge in [-0.25, -0.2) is 14.2 Å². The van der Waals surface area contributed by atoms with Crippen molar-refractivity contribution in [2.24, 2.45) is 0 Å². The number of hydrogen-bond donors (Lipinski definition) is 1. The molecule has 2 aromatic rings. The predicted molar refractivity (Wildman–Crippen MR) is 110 cm³/mol. The molecule has 0 spiro atoms. The van der Waals surface area contributed by atoms with Gasteiger partial charge in [0.15, 0.2) is 6.17 Å². The highest BCUT2D eigenvalue weighted by Crippen LogP contribution is 2.40. The van der Waals surface area contributed by atoms with E-state index in [2.05, 4.69) is 10.3 Å². The molecule has 3 heterocycles. The molecule has 1 aliphatic rings. The molecule has 7 nitrogen and oxygen atoms in total. The number of carbonyl (C=O) groups is 2. The van der Waals surface area contributed by atoms with Gasteiger partial charge in [0, 0.05) is 31.5 Å². The van der Waals surface area contributed by atoms with Gasteiger partial charge in [-0.15, -0.1) is 11.3 Å². The van der Waals surface area contributed by atoms with Crippen molar-refractivity contribution in [2.45, 2.75) is 51.2 Å². The van der Waals surface area contributed by atoms with Gasteiger partial charge in [0.2, 0.25) is 5.88 Å². The maximum Gasteiger partial charge on any atom is 0.418 e. The Labute approximate surface area is 185 Å². The number of aromatic nitrogens is 1. The van der Waals surface area contributed by atoms with E-state index >= 15 is 0 Å². The molecule has 1 N–H and O–H groups in total. The zero-order valence-corrected chi connectivity index (χ0v) is 18.7. The van der Waals surface area contributed by atoms with Crippen LogP contribution in [0.4, 0.5) is 22.4 Å². The van der Waals surface area contributed by atoms with E-state index in [1.807, 2.05) is 0 Å². The molecule has 0 aliphatic carbocycles. The Kier molecular flexibility index (Phi) is 6.55. The lowest BCUT2D eigenvalue weighted by atomic mass is 10.1. The van der Waals surface area contributed by atoms with Crippen LogP contribution < -0.4 is 10.1 Å². The fourth-order valence-corrected chi connectivity index (χ4v) is 4.24. The van der Waals surface area contributed by atoms with Crippen LogP contribution in [-0.4, -0.2) is 59.9 Å². The van der Waals surface area contributed by atoms with Crippen LogP contribution in [0.1, 0.15) is 43.1 Å². The summed E-state index contributed by atoms with van der Waals surface area (Å²) < 4.78 is 66.1. The van der Waals surface area contributed by atoms with Gasteiger partial charge >= 0.3 is 12.3 Å². The van der Waals surface area contributed by atoms with E-state index in [1.165, 1.54) is 17.3 Å². The molecule has 1 fully saturated rings. The molecular weight excluding hydrogens is 454 g/mol. The van der Waals surface area contributed by atoms with Crippen molar-refractivity contribution in [1.29, 1.82) is 0 Å². The molecule has 176 valence electrons. The first-order valence-corrected chi connectivity index (χ1v) is 10.7. The molecule has 0 radical (unpaired) electrons. The number of fused-ring (bicyclic) bond motifs is 1. The van der Waals surface area contributed by atoms with E-state index in [-0.39, 0.29) is 35.3 Å². The highest BCUT2D eigenvalue weighted by atomic mass is 32.1. The average Bonchev–Trinajstić information content (AvgIpc) is 3.10. The van der Waals surface area contributed by atoms with Crippen LogP contribution in [0.15, 0.2) is 11.4 Å². The van der Waals surface area contributed by atoms with Crippen molar-refractivity contribution in [3.05, 3.63) is 22.6 Å². The minimum atomic E-state index is -4.72. The van der Waals surface area contributed by atoms with Crippen LogP contribution >= 0.6 is 11.3 Å². The van der Waals surface area contributed by atoms with Gasteiger partial charge in [-0.05, 0) is 20.8 Å². The first-order valence-electron chi connectivity index (χ1n) is 9.80. The number of nitrogens with zero attached hydrogens (tertiary/aromatic N) is 2. The number of thiophene rings is 1. The molecule has 1 aliphatic heterocycles. The smallest absolute Gasteiger partial charge is 0.418 e. The zero-order chi connectivity index (χ0) is 23.8. The van der Waals surface area contributed by atoms with Crippen molar-refractivity contribution in [1.82, 2.24) is 15.2 Å². The summed E-state index contributed by atoms with van der Waals surface area (Å²) in [5.41, 5.74) is -1.95. The van der Waals surface area contributed by atoms with Crippen LogP contribution in [0.3, 0.4) is 0 Å². The van der Waals surface area contributed by atoms with Crippen molar-refractivity contribution < 1.29 is 36.6 Å². The van der Waals surface area contributed by atoms with E-state index in [4.69, 9.17) is 9.47 Å². The van der Waals surface area contributed by atoms with Crippen molar-refractivity contribution >= 4 is 33.6 Å². The van der Waals surface area contributed by atoms with Crippen molar-refractivity contribution in [3.63, 3.8) is 0 Å². The van der Waals surface area contributed by atoms with Crippen LogP contribution in [0.5, 0.6) is 5.88 Å². The fraction of sp³-hybridized carbons (Fsp3) is 0.550. The van der Waals surface area contributed by atoms with E-state index in [0.29, 0.717) is 6.07 Å². The standard InChI is InChI=1S/C20H23F4N3O4S/c1-19(2,3)31-18(29)27-6-5-13(12(21)8-27)30-14-7-11(20(22,23)24)16-15(26-14)10(9-32-16)17(28)25-4/h7,9,12-13H,5-6,8H2,1-4H3,(H,25,28)/t12-,13-/m1/s1. The van der Waals surface area contributed by atoms with E-state index < -0.39 is 47.5 Å². The summed E-state index contributed by atoms with van der Waals surface area (Å²) in [6.45, 7) is 4.84. The van der Waals surface area contributed by atoms with Gasteiger partial charge < -0.3 is 19.7 Å². The highest BCUT2D eigenvalue weighted by Gasteiger charge is 2.38. The van der Waals surface area contributed by atoms with Gasteiger partial charge in [0.1, 0.15) is 11.7 Å². The summed E-state index contributed by atoms with van der Waals surface area (Å²) in [6.07, 6.45) is -8.14. The second-order valence-corrected chi connectivity index (χ2v) is 9.18. The first kappa shape index (κ1) is 24.0. The number of pyridine rings is 1. The van der Waals surface area contributed by atoms with Crippen molar-refractivity contribution in [2.75, 3.05) is 20.1 Å². The minimum absolute atomic E-state index is 0.0278. The first-order chi connectivity index (χ1) is 14.8. The third-order valence-corrected chi connectivity index (χ3v) is 5.68. The maximum absolute atomic E-state index is 14.7. The van der Waals surface area contributed by atoms with Gasteiger partial charge in [0.05, 0.1) is 27.9 Å². The third-order valence-electron chi connectivity index (χ3n) is 4.68. The minimum Gasteiger partial charge on any atom is -0.471 e. The lowest BCUT2D eigenvalue weighted by Crippen LogP contribution is -2.50. The van der Waals surface area contributed by atoms with Crippen LogP contribution in [-0.2, 0) is 10.9 Å². The number of ether oxygens (including phenoxy) is 2. The number of rotatable bonds is 3. The fourth-order valence-electron chi connectivity index (χ4n) is 3.22. The number of nitrogens with one attached hydrogen (secondary N) is 1. The third kappa shape index (κ3) is 5.22. The van der Waals surface area contributed by atoms with Crippen LogP contribution in [0, 0.1) is 0 Å². The highest BCUT2D eigenvalue weighted by molar-refractivity contribution is 7.17. The molecule has 12 heteroatoms. The normalized spacial score (nSPS) is 19.7. The van der Waals surface area contributed by atoms with Crippen LogP contribution in [0.2, 0.25) is 0 Å². The molecule has 0 aromatic carbocycles. The van der Waals surface area contributed by atoms with Crippen LogP contribution in [0.25, 0.3) is 10.2 Å². The zero-order valence-electron chi connectivity index (χ0n) is 17.9. The quantitative estimate of drug-likeness (QED) is 0.663. The predicted octanol–water partition coefficient (Wildman–Crippen LogP) is 4.40. The Bertz CT molecular complexity index is 1020. The van der Waals surface area contributed by atoms with E-state index in [1.54, 1.807) is 20.8 Å². The molecule has 3 rings (SSSR count). The van der Waals surface area contributed by atoms with Gasteiger partial charge in [-0.1, -0.05) is 0 Å². The molecule has 0 bridgehead atoms. The summed E-state index contributed by atoms with van der Waals surface area (Å²) >= 11 is 0.743. The largest absolute Gasteiger partial charge is 0.471 e. The van der Waals surface area contributed by atoms with Gasteiger partial charge in [-0.2, -0.15) is 13.2 Å².